The molecule has 0 bridgehead atoms. The molecule has 0 radical (unpaired) electrons. The number of benzene rings is 2. The summed E-state index contributed by atoms with van der Waals surface area (Å²) in [6.45, 7) is 6.21. The molecule has 1 N–H and O–H groups in total. The first-order valence-corrected chi connectivity index (χ1v) is 8.19. The fourth-order valence-corrected chi connectivity index (χ4v) is 2.23. The van der Waals surface area contributed by atoms with Gasteiger partial charge in [-0.2, -0.15) is 0 Å². The summed E-state index contributed by atoms with van der Waals surface area (Å²) in [5.74, 6) is 1.56. The van der Waals surface area contributed by atoms with Crippen LogP contribution in [0.3, 0.4) is 0 Å². The molecular weight excluding hydrogens is 270 g/mol. The van der Waals surface area contributed by atoms with Crippen molar-refractivity contribution in [1.29, 1.82) is 0 Å². The quantitative estimate of drug-likeness (QED) is 0.772. The van der Waals surface area contributed by atoms with Gasteiger partial charge in [-0.3, -0.25) is 0 Å². The van der Waals surface area contributed by atoms with Gasteiger partial charge >= 0.3 is 0 Å². The molecule has 22 heavy (non-hydrogen) atoms. The maximum Gasteiger partial charge on any atom is 0.119 e. The Labute approximate surface area is 134 Å². The summed E-state index contributed by atoms with van der Waals surface area (Å²) in [5.41, 5.74) is 3.85. The van der Waals surface area contributed by atoms with Gasteiger partial charge in [-0.15, -0.1) is 0 Å². The minimum atomic E-state index is 0.602. The summed E-state index contributed by atoms with van der Waals surface area (Å²) >= 11 is 0. The highest BCUT2D eigenvalue weighted by atomic mass is 16.5. The molecule has 0 aliphatic rings. The zero-order chi connectivity index (χ0) is 15.8. The summed E-state index contributed by atoms with van der Waals surface area (Å²) in [6.07, 6.45) is 2.22. The molecular formula is C20H27NO. The van der Waals surface area contributed by atoms with Crippen LogP contribution in [0.25, 0.3) is 11.1 Å². The lowest BCUT2D eigenvalue weighted by Crippen LogP contribution is -2.10. The largest absolute Gasteiger partial charge is 0.493 e. The van der Waals surface area contributed by atoms with Crippen LogP contribution in [0, 0.1) is 5.92 Å². The lowest BCUT2D eigenvalue weighted by atomic mass is 10.0. The first-order chi connectivity index (χ1) is 10.7. The molecule has 2 nitrogen and oxygen atoms in total. The number of ether oxygens (including phenoxy) is 1. The Morgan fingerprint density at radius 3 is 2.09 bits per heavy atom. The van der Waals surface area contributed by atoms with Crippen LogP contribution in [-0.2, 0) is 6.42 Å². The molecule has 0 aliphatic carbocycles. The predicted octanol–water partition coefficient (Wildman–Crippen LogP) is 4.54. The van der Waals surface area contributed by atoms with Crippen LogP contribution < -0.4 is 10.1 Å². The van der Waals surface area contributed by atoms with Gasteiger partial charge in [0.25, 0.3) is 0 Å². The van der Waals surface area contributed by atoms with E-state index < -0.39 is 0 Å². The van der Waals surface area contributed by atoms with Crippen molar-refractivity contribution in [3.8, 4) is 16.9 Å². The van der Waals surface area contributed by atoms with Gasteiger partial charge < -0.3 is 10.1 Å². The molecule has 0 saturated heterocycles. The van der Waals surface area contributed by atoms with E-state index in [-0.39, 0.29) is 0 Å². The summed E-state index contributed by atoms with van der Waals surface area (Å²) in [4.78, 5) is 0. The summed E-state index contributed by atoms with van der Waals surface area (Å²) < 4.78 is 5.81. The second kappa shape index (κ2) is 8.60. The van der Waals surface area contributed by atoms with Crippen molar-refractivity contribution in [1.82, 2.24) is 5.32 Å². The minimum absolute atomic E-state index is 0.602. The number of hydrogen-bond acceptors (Lipinski definition) is 2. The number of nitrogens with one attached hydrogen (secondary N) is 1. The van der Waals surface area contributed by atoms with Crippen LogP contribution in [-0.4, -0.2) is 20.2 Å². The highest BCUT2D eigenvalue weighted by Crippen LogP contribution is 2.23. The van der Waals surface area contributed by atoms with Crippen molar-refractivity contribution in [2.45, 2.75) is 26.7 Å². The Morgan fingerprint density at radius 1 is 0.955 bits per heavy atom. The Morgan fingerprint density at radius 2 is 1.55 bits per heavy atom. The third-order valence-electron chi connectivity index (χ3n) is 4.04. The van der Waals surface area contributed by atoms with Crippen molar-refractivity contribution in [2.24, 2.45) is 5.92 Å². The van der Waals surface area contributed by atoms with E-state index in [4.69, 9.17) is 4.74 Å². The molecule has 0 heterocycles. The van der Waals surface area contributed by atoms with Crippen molar-refractivity contribution >= 4 is 0 Å². The SMILES string of the molecule is CCC(C)COc1ccc(-c2ccc(CCNC)cc2)cc1. The van der Waals surface area contributed by atoms with Crippen molar-refractivity contribution < 1.29 is 4.74 Å². The smallest absolute Gasteiger partial charge is 0.119 e. The van der Waals surface area contributed by atoms with Crippen LogP contribution in [0.5, 0.6) is 5.75 Å². The summed E-state index contributed by atoms with van der Waals surface area (Å²) in [6, 6.07) is 17.2. The van der Waals surface area contributed by atoms with E-state index in [9.17, 15) is 0 Å². The number of hydrogen-bond donors (Lipinski definition) is 1. The molecule has 0 fully saturated rings. The van der Waals surface area contributed by atoms with E-state index in [0.29, 0.717) is 5.92 Å². The van der Waals surface area contributed by atoms with Gasteiger partial charge in [0, 0.05) is 0 Å². The summed E-state index contributed by atoms with van der Waals surface area (Å²) in [5, 5.41) is 3.18. The van der Waals surface area contributed by atoms with E-state index in [1.54, 1.807) is 0 Å². The maximum atomic E-state index is 5.81. The second-order valence-electron chi connectivity index (χ2n) is 5.90. The molecule has 0 aliphatic heterocycles. The van der Waals surface area contributed by atoms with E-state index in [1.165, 1.54) is 16.7 Å². The lowest BCUT2D eigenvalue weighted by molar-refractivity contribution is 0.256. The van der Waals surface area contributed by atoms with Gasteiger partial charge in [-0.1, -0.05) is 56.7 Å². The van der Waals surface area contributed by atoms with E-state index >= 15 is 0 Å². The fraction of sp³-hybridized carbons (Fsp3) is 0.400. The zero-order valence-electron chi connectivity index (χ0n) is 13.9. The normalized spacial score (nSPS) is 12.1. The molecule has 0 amide bonds. The van der Waals surface area contributed by atoms with E-state index in [2.05, 4.69) is 67.7 Å². The van der Waals surface area contributed by atoms with Crippen LogP contribution >= 0.6 is 0 Å². The van der Waals surface area contributed by atoms with Gasteiger partial charge in [-0.05, 0) is 54.8 Å². The number of rotatable bonds is 8. The van der Waals surface area contributed by atoms with Gasteiger partial charge in [0.15, 0.2) is 0 Å². The third-order valence-corrected chi connectivity index (χ3v) is 4.04. The van der Waals surface area contributed by atoms with Crippen molar-refractivity contribution in [2.75, 3.05) is 20.2 Å². The molecule has 2 aromatic carbocycles. The van der Waals surface area contributed by atoms with E-state index in [1.807, 2.05) is 7.05 Å². The van der Waals surface area contributed by atoms with Gasteiger partial charge in [0.1, 0.15) is 5.75 Å². The molecule has 2 heteroatoms. The Bertz CT molecular complexity index is 545. The molecule has 0 spiro atoms. The fourth-order valence-electron chi connectivity index (χ4n) is 2.23. The molecule has 1 unspecified atom stereocenters. The minimum Gasteiger partial charge on any atom is -0.493 e. The lowest BCUT2D eigenvalue weighted by Gasteiger charge is -2.11. The van der Waals surface area contributed by atoms with Crippen molar-refractivity contribution in [3.63, 3.8) is 0 Å². The average molecular weight is 297 g/mol. The number of likely N-dealkylation sites (N-methyl/N-ethyl adjacent to an activating group) is 1. The highest BCUT2D eigenvalue weighted by molar-refractivity contribution is 5.64. The first-order valence-electron chi connectivity index (χ1n) is 8.19. The van der Waals surface area contributed by atoms with Crippen molar-refractivity contribution in [3.05, 3.63) is 54.1 Å². The summed E-state index contributed by atoms with van der Waals surface area (Å²) in [7, 11) is 1.99. The molecule has 1 atom stereocenters. The molecule has 2 rings (SSSR count). The maximum absolute atomic E-state index is 5.81. The molecule has 0 aromatic heterocycles. The molecule has 2 aromatic rings. The average Bonchev–Trinajstić information content (AvgIpc) is 2.58. The zero-order valence-corrected chi connectivity index (χ0v) is 13.9. The highest BCUT2D eigenvalue weighted by Gasteiger charge is 2.02. The van der Waals surface area contributed by atoms with Crippen LogP contribution in [0.2, 0.25) is 0 Å². The predicted molar refractivity (Wildman–Crippen MR) is 94.5 cm³/mol. The van der Waals surface area contributed by atoms with Crippen LogP contribution in [0.1, 0.15) is 25.8 Å². The van der Waals surface area contributed by atoms with Crippen LogP contribution in [0.15, 0.2) is 48.5 Å². The van der Waals surface area contributed by atoms with Gasteiger partial charge in [0.05, 0.1) is 6.61 Å². The van der Waals surface area contributed by atoms with E-state index in [0.717, 1.165) is 31.7 Å². The second-order valence-corrected chi connectivity index (χ2v) is 5.90. The Balaban J connectivity index is 1.97. The topological polar surface area (TPSA) is 21.3 Å². The molecule has 0 saturated carbocycles. The standard InChI is InChI=1S/C20H27NO/c1-4-16(2)15-22-20-11-9-19(10-12-20)18-7-5-17(6-8-18)13-14-21-3/h5-12,16,21H,4,13-15H2,1-3H3. The third kappa shape index (κ3) is 4.88. The Hall–Kier alpha value is -1.80. The molecule has 118 valence electrons. The monoisotopic (exact) mass is 297 g/mol. The first kappa shape index (κ1) is 16.6. The van der Waals surface area contributed by atoms with Crippen LogP contribution in [0.4, 0.5) is 0 Å². The Kier molecular flexibility index (Phi) is 6.47. The van der Waals surface area contributed by atoms with Gasteiger partial charge in [0.2, 0.25) is 0 Å². The van der Waals surface area contributed by atoms with Gasteiger partial charge in [-0.25, -0.2) is 0 Å².